The molecule has 2 rings (SSSR count). The van der Waals surface area contributed by atoms with Crippen LogP contribution >= 0.6 is 0 Å². The number of halogens is 1. The maximum Gasteiger partial charge on any atom is 0.192 e. The van der Waals surface area contributed by atoms with E-state index in [-0.39, 0.29) is 5.56 Å². The molecule has 0 N–H and O–H groups in total. The summed E-state index contributed by atoms with van der Waals surface area (Å²) in [5, 5.41) is 0. The van der Waals surface area contributed by atoms with Crippen LogP contribution in [0.1, 0.15) is 27.5 Å². The van der Waals surface area contributed by atoms with Crippen LogP contribution in [0.5, 0.6) is 0 Å². The summed E-state index contributed by atoms with van der Waals surface area (Å²) in [4.78, 5) is 14.5. The van der Waals surface area contributed by atoms with Gasteiger partial charge in [0.15, 0.2) is 17.9 Å². The number of hydrogen-bond donors (Lipinski definition) is 0. The molecule has 4 heteroatoms. The van der Waals surface area contributed by atoms with Gasteiger partial charge in [-0.1, -0.05) is 5.92 Å². The number of benzene rings is 1. The largest absolute Gasteiger partial charge is 0.448 e. The Morgan fingerprint density at radius 1 is 1.41 bits per heavy atom. The lowest BCUT2D eigenvalue weighted by atomic mass is 10.1. The van der Waals surface area contributed by atoms with Crippen LogP contribution in [-0.4, -0.2) is 11.3 Å². The molecule has 84 valence electrons. The van der Waals surface area contributed by atoms with Gasteiger partial charge in [-0.15, -0.1) is 0 Å². The van der Waals surface area contributed by atoms with Crippen LogP contribution in [0.25, 0.3) is 0 Å². The minimum absolute atomic E-state index is 0.00636. The van der Waals surface area contributed by atoms with Crippen molar-refractivity contribution >= 4 is 6.29 Å². The smallest absolute Gasteiger partial charge is 0.192 e. The van der Waals surface area contributed by atoms with Crippen LogP contribution in [0.3, 0.4) is 0 Å². The van der Waals surface area contributed by atoms with Crippen molar-refractivity contribution in [3.8, 4) is 11.8 Å². The molecule has 0 saturated carbocycles. The predicted octanol–water partition coefficient (Wildman–Crippen LogP) is 2.33. The highest BCUT2D eigenvalue weighted by molar-refractivity contribution is 5.76. The van der Waals surface area contributed by atoms with Gasteiger partial charge in [0, 0.05) is 12.5 Å². The normalized spacial score (nSPS) is 9.53. The van der Waals surface area contributed by atoms with Crippen LogP contribution in [0.2, 0.25) is 0 Å². The van der Waals surface area contributed by atoms with Gasteiger partial charge in [-0.05, 0) is 24.1 Å². The Kier molecular flexibility index (Phi) is 3.01. The Morgan fingerprint density at radius 3 is 2.88 bits per heavy atom. The van der Waals surface area contributed by atoms with Crippen LogP contribution in [0, 0.1) is 24.6 Å². The van der Waals surface area contributed by atoms with Gasteiger partial charge in [0.05, 0.1) is 5.56 Å². The minimum Gasteiger partial charge on any atom is -0.448 e. The summed E-state index contributed by atoms with van der Waals surface area (Å²) in [7, 11) is 0. The molecule has 0 bridgehead atoms. The van der Waals surface area contributed by atoms with Crippen LogP contribution < -0.4 is 0 Å². The SMILES string of the molecule is Cc1nc(C#Cc2ccc(F)c(C=O)c2)co1. The number of rotatable bonds is 1. The van der Waals surface area contributed by atoms with E-state index in [0.29, 0.717) is 23.4 Å². The average Bonchev–Trinajstić information content (AvgIpc) is 2.74. The van der Waals surface area contributed by atoms with Crippen molar-refractivity contribution in [1.29, 1.82) is 0 Å². The number of carbonyl (C=O) groups is 1. The molecular formula is C13H8FNO2. The third kappa shape index (κ3) is 2.58. The molecule has 0 atom stereocenters. The molecule has 1 aromatic carbocycles. The van der Waals surface area contributed by atoms with E-state index in [9.17, 15) is 9.18 Å². The molecule has 0 saturated heterocycles. The Morgan fingerprint density at radius 2 is 2.24 bits per heavy atom. The fourth-order valence-corrected chi connectivity index (χ4v) is 1.27. The number of aromatic nitrogens is 1. The summed E-state index contributed by atoms with van der Waals surface area (Å²) in [6.45, 7) is 1.72. The average molecular weight is 229 g/mol. The number of hydrogen-bond acceptors (Lipinski definition) is 3. The quantitative estimate of drug-likeness (QED) is 0.556. The van der Waals surface area contributed by atoms with E-state index in [0.717, 1.165) is 0 Å². The van der Waals surface area contributed by atoms with E-state index in [1.54, 1.807) is 6.92 Å². The highest BCUT2D eigenvalue weighted by atomic mass is 19.1. The molecule has 0 aliphatic heterocycles. The molecule has 2 aromatic rings. The second kappa shape index (κ2) is 4.62. The Hall–Kier alpha value is -2.41. The van der Waals surface area contributed by atoms with Crippen LogP contribution in [-0.2, 0) is 0 Å². The summed E-state index contributed by atoms with van der Waals surface area (Å²) in [6, 6.07) is 4.10. The molecule has 0 radical (unpaired) electrons. The van der Waals surface area contributed by atoms with Gasteiger partial charge in [-0.25, -0.2) is 9.37 Å². The number of nitrogens with zero attached hydrogens (tertiary/aromatic N) is 1. The van der Waals surface area contributed by atoms with Crippen LogP contribution in [0.4, 0.5) is 4.39 Å². The molecule has 1 aromatic heterocycles. The number of carbonyl (C=O) groups excluding carboxylic acids is 1. The Labute approximate surface area is 97.3 Å². The lowest BCUT2D eigenvalue weighted by Gasteiger charge is -1.94. The zero-order chi connectivity index (χ0) is 12.3. The number of oxazole rings is 1. The molecular weight excluding hydrogens is 221 g/mol. The van der Waals surface area contributed by atoms with E-state index in [1.807, 2.05) is 0 Å². The molecule has 0 aliphatic carbocycles. The third-order valence-electron chi connectivity index (χ3n) is 2.08. The molecule has 0 amide bonds. The highest BCUT2D eigenvalue weighted by Gasteiger charge is 2.00. The predicted molar refractivity (Wildman–Crippen MR) is 59.0 cm³/mol. The molecule has 0 spiro atoms. The zero-order valence-corrected chi connectivity index (χ0v) is 9.03. The molecule has 3 nitrogen and oxygen atoms in total. The molecule has 0 unspecified atom stereocenters. The van der Waals surface area contributed by atoms with Crippen molar-refractivity contribution in [1.82, 2.24) is 4.98 Å². The third-order valence-corrected chi connectivity index (χ3v) is 2.08. The van der Waals surface area contributed by atoms with Crippen molar-refractivity contribution < 1.29 is 13.6 Å². The molecule has 0 fully saturated rings. The van der Waals surface area contributed by atoms with E-state index < -0.39 is 5.82 Å². The maximum atomic E-state index is 13.0. The standard InChI is InChI=1S/C13H8FNO2/c1-9-15-12(8-17-9)4-2-10-3-5-13(14)11(6-10)7-16/h3,5-8H,1H3. The van der Waals surface area contributed by atoms with Gasteiger partial charge in [-0.3, -0.25) is 4.79 Å². The fourth-order valence-electron chi connectivity index (χ4n) is 1.27. The topological polar surface area (TPSA) is 43.1 Å². The van der Waals surface area contributed by atoms with Gasteiger partial charge < -0.3 is 4.42 Å². The zero-order valence-electron chi connectivity index (χ0n) is 9.03. The summed E-state index contributed by atoms with van der Waals surface area (Å²) in [5.41, 5.74) is 1.04. The lowest BCUT2D eigenvalue weighted by molar-refractivity contribution is 0.112. The molecule has 17 heavy (non-hydrogen) atoms. The second-order valence-corrected chi connectivity index (χ2v) is 3.36. The number of aldehydes is 1. The first-order valence-corrected chi connectivity index (χ1v) is 4.88. The van der Waals surface area contributed by atoms with Crippen molar-refractivity contribution in [2.24, 2.45) is 0 Å². The van der Waals surface area contributed by atoms with Gasteiger partial charge in [0.2, 0.25) is 0 Å². The molecule has 0 aliphatic rings. The monoisotopic (exact) mass is 229 g/mol. The van der Waals surface area contributed by atoms with E-state index in [2.05, 4.69) is 16.8 Å². The van der Waals surface area contributed by atoms with Gasteiger partial charge >= 0.3 is 0 Å². The van der Waals surface area contributed by atoms with Gasteiger partial charge in [-0.2, -0.15) is 0 Å². The lowest BCUT2D eigenvalue weighted by Crippen LogP contribution is -1.88. The van der Waals surface area contributed by atoms with Gasteiger partial charge in [0.25, 0.3) is 0 Å². The maximum absolute atomic E-state index is 13.0. The minimum atomic E-state index is -0.553. The summed E-state index contributed by atoms with van der Waals surface area (Å²) >= 11 is 0. The van der Waals surface area contributed by atoms with Gasteiger partial charge in [0.1, 0.15) is 12.1 Å². The summed E-state index contributed by atoms with van der Waals surface area (Å²) < 4.78 is 18.0. The van der Waals surface area contributed by atoms with E-state index in [4.69, 9.17) is 4.42 Å². The fraction of sp³-hybridized carbons (Fsp3) is 0.0769. The van der Waals surface area contributed by atoms with Crippen LogP contribution in [0.15, 0.2) is 28.9 Å². The summed E-state index contributed by atoms with van der Waals surface area (Å²) in [5.74, 6) is 5.51. The van der Waals surface area contributed by atoms with Crippen molar-refractivity contribution in [2.75, 3.05) is 0 Å². The first kappa shape index (κ1) is 11.1. The second-order valence-electron chi connectivity index (χ2n) is 3.36. The van der Waals surface area contributed by atoms with Crippen molar-refractivity contribution in [2.45, 2.75) is 6.92 Å². The first-order chi connectivity index (χ1) is 8.19. The van der Waals surface area contributed by atoms with Crippen molar-refractivity contribution in [3.63, 3.8) is 0 Å². The first-order valence-electron chi connectivity index (χ1n) is 4.88. The van der Waals surface area contributed by atoms with Crippen molar-refractivity contribution in [3.05, 3.63) is 53.0 Å². The molecule has 1 heterocycles. The summed E-state index contributed by atoms with van der Waals surface area (Å²) in [6.07, 6.45) is 1.90. The van der Waals surface area contributed by atoms with E-state index >= 15 is 0 Å². The van der Waals surface area contributed by atoms with E-state index in [1.165, 1.54) is 24.5 Å². The Bertz CT molecular complexity index is 620. The highest BCUT2D eigenvalue weighted by Crippen LogP contribution is 2.08. The number of aryl methyl sites for hydroxylation is 1. The Balaban J connectivity index is 2.30.